The standard InChI is InChI=1S/C21H26N4/c1-15-9-5-6-10-17(15)25-16(2)18-19(21(25)11-7-4-8-12-21)24-14-13-23(3)20(24)22-18/h5-6,9-10,13-14,16H,4,7-8,11-12H2,1-3H3/t16-/m0/s1. The normalized spacial score (nSPS) is 22.0. The number of para-hydroxylation sites is 1. The maximum atomic E-state index is 5.07. The summed E-state index contributed by atoms with van der Waals surface area (Å²) >= 11 is 0. The molecule has 2 aromatic heterocycles. The molecule has 1 aliphatic heterocycles. The lowest BCUT2D eigenvalue weighted by Gasteiger charge is -2.45. The van der Waals surface area contributed by atoms with E-state index in [1.54, 1.807) is 0 Å². The average molecular weight is 334 g/mol. The summed E-state index contributed by atoms with van der Waals surface area (Å²) in [7, 11) is 2.09. The summed E-state index contributed by atoms with van der Waals surface area (Å²) in [6.45, 7) is 4.57. The highest BCUT2D eigenvalue weighted by molar-refractivity contribution is 5.63. The van der Waals surface area contributed by atoms with Crippen molar-refractivity contribution in [2.45, 2.75) is 57.5 Å². The summed E-state index contributed by atoms with van der Waals surface area (Å²) in [6.07, 6.45) is 10.7. The first-order valence-corrected chi connectivity index (χ1v) is 9.52. The fourth-order valence-electron chi connectivity index (χ4n) is 5.31. The van der Waals surface area contributed by atoms with Crippen molar-refractivity contribution < 1.29 is 0 Å². The molecule has 0 saturated heterocycles. The molecule has 3 heterocycles. The zero-order valence-electron chi connectivity index (χ0n) is 15.4. The maximum absolute atomic E-state index is 5.07. The van der Waals surface area contributed by atoms with Gasteiger partial charge in [0.1, 0.15) is 0 Å². The zero-order chi connectivity index (χ0) is 17.2. The molecule has 0 unspecified atom stereocenters. The van der Waals surface area contributed by atoms with Crippen LogP contribution in [0.25, 0.3) is 5.78 Å². The Kier molecular flexibility index (Phi) is 3.09. The molecule has 4 heteroatoms. The van der Waals surface area contributed by atoms with E-state index >= 15 is 0 Å². The Balaban J connectivity index is 1.79. The van der Waals surface area contributed by atoms with Crippen LogP contribution in [-0.4, -0.2) is 14.0 Å². The number of nitrogens with zero attached hydrogens (tertiary/aromatic N) is 4. The third-order valence-corrected chi connectivity index (χ3v) is 6.41. The fraction of sp³-hybridized carbons (Fsp3) is 0.476. The van der Waals surface area contributed by atoms with Gasteiger partial charge in [0, 0.05) is 25.1 Å². The van der Waals surface area contributed by atoms with E-state index in [1.807, 2.05) is 0 Å². The van der Waals surface area contributed by atoms with E-state index in [0.29, 0.717) is 6.04 Å². The summed E-state index contributed by atoms with van der Waals surface area (Å²) in [6, 6.07) is 9.16. The fourth-order valence-corrected chi connectivity index (χ4v) is 5.31. The summed E-state index contributed by atoms with van der Waals surface area (Å²) in [4.78, 5) is 7.77. The predicted molar refractivity (Wildman–Crippen MR) is 101 cm³/mol. The lowest BCUT2D eigenvalue weighted by atomic mass is 9.79. The monoisotopic (exact) mass is 334 g/mol. The van der Waals surface area contributed by atoms with E-state index in [2.05, 4.69) is 71.4 Å². The number of hydrogen-bond acceptors (Lipinski definition) is 2. The van der Waals surface area contributed by atoms with Gasteiger partial charge in [-0.2, -0.15) is 0 Å². The second kappa shape index (κ2) is 5.13. The van der Waals surface area contributed by atoms with Crippen LogP contribution < -0.4 is 4.90 Å². The van der Waals surface area contributed by atoms with Gasteiger partial charge in [-0.1, -0.05) is 37.5 Å². The molecule has 25 heavy (non-hydrogen) atoms. The first-order chi connectivity index (χ1) is 12.1. The molecule has 0 bridgehead atoms. The van der Waals surface area contributed by atoms with Crippen molar-refractivity contribution in [3.05, 3.63) is 53.6 Å². The van der Waals surface area contributed by atoms with E-state index in [1.165, 1.54) is 54.7 Å². The van der Waals surface area contributed by atoms with Crippen LogP contribution in [-0.2, 0) is 12.6 Å². The van der Waals surface area contributed by atoms with E-state index in [-0.39, 0.29) is 5.54 Å². The molecule has 5 rings (SSSR count). The third kappa shape index (κ3) is 1.85. The van der Waals surface area contributed by atoms with E-state index < -0.39 is 0 Å². The van der Waals surface area contributed by atoms with Crippen LogP contribution in [0.2, 0.25) is 0 Å². The highest BCUT2D eigenvalue weighted by Gasteiger charge is 2.52. The number of hydrogen-bond donors (Lipinski definition) is 0. The van der Waals surface area contributed by atoms with Gasteiger partial charge in [-0.05, 0) is 38.3 Å². The summed E-state index contributed by atoms with van der Waals surface area (Å²) in [5, 5.41) is 0. The summed E-state index contributed by atoms with van der Waals surface area (Å²) < 4.78 is 4.50. The molecule has 0 radical (unpaired) electrons. The molecule has 3 aromatic rings. The van der Waals surface area contributed by atoms with Crippen LogP contribution >= 0.6 is 0 Å². The SMILES string of the molecule is Cc1ccccc1N1[C@@H](C)c2nc3n(C)ccn3c2C12CCCCC2. The minimum atomic E-state index is 0.0832. The number of aryl methyl sites for hydroxylation is 2. The lowest BCUT2D eigenvalue weighted by molar-refractivity contribution is 0.276. The lowest BCUT2D eigenvalue weighted by Crippen LogP contribution is -2.45. The van der Waals surface area contributed by atoms with Crippen molar-refractivity contribution in [1.29, 1.82) is 0 Å². The minimum absolute atomic E-state index is 0.0832. The van der Waals surface area contributed by atoms with Crippen molar-refractivity contribution in [3.8, 4) is 0 Å². The largest absolute Gasteiger partial charge is 0.352 e. The number of anilines is 1. The van der Waals surface area contributed by atoms with Crippen molar-refractivity contribution in [2.75, 3.05) is 4.90 Å². The van der Waals surface area contributed by atoms with E-state index in [9.17, 15) is 0 Å². The molecule has 1 saturated carbocycles. The Bertz CT molecular complexity index is 942. The molecule has 130 valence electrons. The van der Waals surface area contributed by atoms with Gasteiger partial charge in [-0.25, -0.2) is 4.98 Å². The topological polar surface area (TPSA) is 25.5 Å². The third-order valence-electron chi connectivity index (χ3n) is 6.41. The van der Waals surface area contributed by atoms with Crippen LogP contribution in [0, 0.1) is 6.92 Å². The molecule has 1 aromatic carbocycles. The maximum Gasteiger partial charge on any atom is 0.214 e. The number of benzene rings is 1. The molecule has 4 nitrogen and oxygen atoms in total. The summed E-state index contributed by atoms with van der Waals surface area (Å²) in [5.41, 5.74) is 5.54. The average Bonchev–Trinajstić information content (AvgIpc) is 3.23. The first kappa shape index (κ1) is 15.1. The van der Waals surface area contributed by atoms with Gasteiger partial charge in [0.2, 0.25) is 5.78 Å². The van der Waals surface area contributed by atoms with Gasteiger partial charge in [0.05, 0.1) is 23.0 Å². The quantitative estimate of drug-likeness (QED) is 0.643. The number of fused-ring (bicyclic) bond motifs is 4. The second-order valence-electron chi connectivity index (χ2n) is 7.85. The molecule has 1 atom stereocenters. The van der Waals surface area contributed by atoms with Crippen molar-refractivity contribution in [1.82, 2.24) is 14.0 Å². The minimum Gasteiger partial charge on any atom is -0.352 e. The molecule has 2 aliphatic rings. The van der Waals surface area contributed by atoms with Crippen LogP contribution in [0.3, 0.4) is 0 Å². The Hall–Kier alpha value is -2.23. The van der Waals surface area contributed by atoms with Gasteiger partial charge in [-0.15, -0.1) is 0 Å². The Morgan fingerprint density at radius 3 is 2.60 bits per heavy atom. The smallest absolute Gasteiger partial charge is 0.214 e. The van der Waals surface area contributed by atoms with Crippen LogP contribution in [0.5, 0.6) is 0 Å². The number of aromatic nitrogens is 3. The number of rotatable bonds is 1. The van der Waals surface area contributed by atoms with Crippen molar-refractivity contribution >= 4 is 11.5 Å². The van der Waals surface area contributed by atoms with Gasteiger partial charge >= 0.3 is 0 Å². The zero-order valence-corrected chi connectivity index (χ0v) is 15.4. The second-order valence-corrected chi connectivity index (χ2v) is 7.85. The number of imidazole rings is 2. The van der Waals surface area contributed by atoms with Gasteiger partial charge in [-0.3, -0.25) is 4.40 Å². The van der Waals surface area contributed by atoms with Gasteiger partial charge in [0.15, 0.2) is 0 Å². The van der Waals surface area contributed by atoms with Crippen molar-refractivity contribution in [3.63, 3.8) is 0 Å². The molecular weight excluding hydrogens is 308 g/mol. The van der Waals surface area contributed by atoms with E-state index in [4.69, 9.17) is 4.98 Å². The van der Waals surface area contributed by atoms with Gasteiger partial charge < -0.3 is 9.47 Å². The van der Waals surface area contributed by atoms with Gasteiger partial charge in [0.25, 0.3) is 0 Å². The van der Waals surface area contributed by atoms with E-state index in [0.717, 1.165) is 5.78 Å². The Morgan fingerprint density at radius 1 is 1.08 bits per heavy atom. The molecule has 1 fully saturated rings. The molecule has 0 amide bonds. The molecule has 1 aliphatic carbocycles. The van der Waals surface area contributed by atoms with Crippen LogP contribution in [0.1, 0.15) is 62.0 Å². The van der Waals surface area contributed by atoms with Crippen molar-refractivity contribution in [2.24, 2.45) is 7.05 Å². The van der Waals surface area contributed by atoms with Crippen LogP contribution in [0.15, 0.2) is 36.7 Å². The Morgan fingerprint density at radius 2 is 1.84 bits per heavy atom. The Labute approximate surface area is 149 Å². The first-order valence-electron chi connectivity index (χ1n) is 9.52. The molecule has 1 spiro atoms. The van der Waals surface area contributed by atoms with Crippen LogP contribution in [0.4, 0.5) is 5.69 Å². The highest BCUT2D eigenvalue weighted by Crippen LogP contribution is 2.55. The highest BCUT2D eigenvalue weighted by atomic mass is 15.3. The molecular formula is C21H26N4. The summed E-state index contributed by atoms with van der Waals surface area (Å²) in [5.74, 6) is 1.08. The molecule has 0 N–H and O–H groups in total. The predicted octanol–water partition coefficient (Wildman–Crippen LogP) is 4.72.